The van der Waals surface area contributed by atoms with Crippen LogP contribution in [0.3, 0.4) is 0 Å². The van der Waals surface area contributed by atoms with Crippen LogP contribution in [0, 0.1) is 5.41 Å². The van der Waals surface area contributed by atoms with Crippen molar-refractivity contribution in [1.29, 1.82) is 0 Å². The highest BCUT2D eigenvalue weighted by atomic mass is 15.3. The van der Waals surface area contributed by atoms with Gasteiger partial charge in [0.25, 0.3) is 0 Å². The van der Waals surface area contributed by atoms with E-state index in [1.807, 2.05) is 7.05 Å². The molecule has 4 heteroatoms. The van der Waals surface area contributed by atoms with E-state index in [1.165, 1.54) is 17.7 Å². The second kappa shape index (κ2) is 7.71. The second-order valence-electron chi connectivity index (χ2n) is 7.47. The Kier molecular flexibility index (Phi) is 5.91. The number of aliphatic imine (C=N–C) groups is 1. The number of benzene rings is 1. The summed E-state index contributed by atoms with van der Waals surface area (Å²) in [6.45, 7) is 7.84. The largest absolute Gasteiger partial charge is 0.378 e. The van der Waals surface area contributed by atoms with Crippen LogP contribution in [0.4, 0.5) is 5.69 Å². The average Bonchev–Trinajstić information content (AvgIpc) is 2.87. The molecule has 2 rings (SSSR count). The van der Waals surface area contributed by atoms with Gasteiger partial charge in [-0.2, -0.15) is 0 Å². The van der Waals surface area contributed by atoms with Crippen molar-refractivity contribution in [1.82, 2.24) is 10.2 Å². The number of nitrogens with one attached hydrogen (secondary N) is 1. The fraction of sp³-hybridized carbons (Fsp3) is 0.632. The van der Waals surface area contributed by atoms with Crippen molar-refractivity contribution in [2.24, 2.45) is 10.4 Å². The van der Waals surface area contributed by atoms with Crippen LogP contribution >= 0.6 is 0 Å². The van der Waals surface area contributed by atoms with Crippen LogP contribution in [-0.2, 0) is 6.42 Å². The fourth-order valence-corrected chi connectivity index (χ4v) is 3.08. The number of aryl methyl sites for hydroxylation is 1. The van der Waals surface area contributed by atoms with Crippen molar-refractivity contribution >= 4 is 11.6 Å². The van der Waals surface area contributed by atoms with E-state index in [2.05, 4.69) is 72.3 Å². The molecule has 1 fully saturated rings. The van der Waals surface area contributed by atoms with Crippen LogP contribution in [-0.4, -0.2) is 51.6 Å². The molecular weight excluding hydrogens is 284 g/mol. The van der Waals surface area contributed by atoms with E-state index in [0.29, 0.717) is 5.41 Å². The average molecular weight is 316 g/mol. The molecule has 0 amide bonds. The van der Waals surface area contributed by atoms with Crippen LogP contribution in [0.2, 0.25) is 0 Å². The Morgan fingerprint density at radius 2 is 1.96 bits per heavy atom. The molecule has 0 bridgehead atoms. The maximum absolute atomic E-state index is 4.44. The maximum atomic E-state index is 4.44. The lowest BCUT2D eigenvalue weighted by Gasteiger charge is -2.23. The van der Waals surface area contributed by atoms with Crippen LogP contribution in [0.25, 0.3) is 0 Å². The predicted molar refractivity (Wildman–Crippen MR) is 100 cm³/mol. The van der Waals surface area contributed by atoms with Gasteiger partial charge in [-0.05, 0) is 42.4 Å². The van der Waals surface area contributed by atoms with Crippen molar-refractivity contribution in [3.63, 3.8) is 0 Å². The van der Waals surface area contributed by atoms with Crippen molar-refractivity contribution in [3.8, 4) is 0 Å². The molecule has 1 N–H and O–H groups in total. The molecule has 0 saturated carbocycles. The van der Waals surface area contributed by atoms with Gasteiger partial charge >= 0.3 is 0 Å². The molecular formula is C19H32N4. The molecule has 1 saturated heterocycles. The maximum Gasteiger partial charge on any atom is 0.193 e. The van der Waals surface area contributed by atoms with Crippen molar-refractivity contribution in [3.05, 3.63) is 29.8 Å². The molecule has 1 aromatic carbocycles. The van der Waals surface area contributed by atoms with Gasteiger partial charge in [-0.3, -0.25) is 4.99 Å². The molecule has 1 aliphatic rings. The van der Waals surface area contributed by atoms with Crippen LogP contribution in [0.5, 0.6) is 0 Å². The zero-order chi connectivity index (χ0) is 16.9. The number of guanidine groups is 1. The van der Waals surface area contributed by atoms with Gasteiger partial charge < -0.3 is 15.1 Å². The lowest BCUT2D eigenvalue weighted by molar-refractivity contribution is 0.370. The van der Waals surface area contributed by atoms with Gasteiger partial charge in [0.2, 0.25) is 0 Å². The third kappa shape index (κ3) is 5.15. The summed E-state index contributed by atoms with van der Waals surface area (Å²) >= 11 is 0. The molecule has 1 heterocycles. The molecule has 0 atom stereocenters. The van der Waals surface area contributed by atoms with Crippen molar-refractivity contribution in [2.45, 2.75) is 33.1 Å². The first-order valence-electron chi connectivity index (χ1n) is 8.63. The quantitative estimate of drug-likeness (QED) is 0.515. The normalized spacial score (nSPS) is 17.4. The van der Waals surface area contributed by atoms with E-state index >= 15 is 0 Å². The first-order chi connectivity index (χ1) is 10.9. The van der Waals surface area contributed by atoms with Gasteiger partial charge in [0.05, 0.1) is 0 Å². The summed E-state index contributed by atoms with van der Waals surface area (Å²) < 4.78 is 0. The number of hydrogen-bond donors (Lipinski definition) is 1. The standard InChI is InChI=1S/C19H32N4/c1-19(2)12-14-23(15-19)18(20-3)21-13-6-7-16-8-10-17(11-9-16)22(4)5/h8-11H,6-7,12-15H2,1-5H3,(H,20,21). The van der Waals surface area contributed by atoms with E-state index in [1.54, 1.807) is 0 Å². The summed E-state index contributed by atoms with van der Waals surface area (Å²) in [4.78, 5) is 8.95. The molecule has 23 heavy (non-hydrogen) atoms. The molecule has 128 valence electrons. The topological polar surface area (TPSA) is 30.9 Å². The van der Waals surface area contributed by atoms with E-state index in [-0.39, 0.29) is 0 Å². The minimum atomic E-state index is 0.409. The van der Waals surface area contributed by atoms with Gasteiger partial charge in [-0.15, -0.1) is 0 Å². The molecule has 0 aliphatic carbocycles. The minimum absolute atomic E-state index is 0.409. The third-order valence-corrected chi connectivity index (χ3v) is 4.57. The zero-order valence-corrected chi connectivity index (χ0v) is 15.4. The number of nitrogens with zero attached hydrogens (tertiary/aromatic N) is 3. The Balaban J connectivity index is 1.74. The van der Waals surface area contributed by atoms with Gasteiger partial charge in [0, 0.05) is 46.5 Å². The van der Waals surface area contributed by atoms with Gasteiger partial charge in [0.1, 0.15) is 0 Å². The van der Waals surface area contributed by atoms with Gasteiger partial charge in [-0.25, -0.2) is 0 Å². The first-order valence-corrected chi connectivity index (χ1v) is 8.63. The monoisotopic (exact) mass is 316 g/mol. The summed E-state index contributed by atoms with van der Waals surface area (Å²) in [5, 5.41) is 3.52. The molecule has 0 spiro atoms. The summed E-state index contributed by atoms with van der Waals surface area (Å²) in [5.41, 5.74) is 3.06. The van der Waals surface area contributed by atoms with Gasteiger partial charge in [-0.1, -0.05) is 26.0 Å². The lowest BCUT2D eigenvalue weighted by Crippen LogP contribution is -2.41. The highest BCUT2D eigenvalue weighted by Gasteiger charge is 2.30. The number of anilines is 1. The Labute approximate surface area is 141 Å². The van der Waals surface area contributed by atoms with Gasteiger partial charge in [0.15, 0.2) is 5.96 Å². The molecule has 4 nitrogen and oxygen atoms in total. The fourth-order valence-electron chi connectivity index (χ4n) is 3.08. The summed E-state index contributed by atoms with van der Waals surface area (Å²) in [5.74, 6) is 1.05. The van der Waals surface area contributed by atoms with Crippen LogP contribution in [0.15, 0.2) is 29.3 Å². The molecule has 0 radical (unpaired) electrons. The van der Waals surface area contributed by atoms with Crippen LogP contribution in [0.1, 0.15) is 32.3 Å². The number of likely N-dealkylation sites (tertiary alicyclic amines) is 1. The molecule has 1 aliphatic heterocycles. The van der Waals surface area contributed by atoms with E-state index < -0.39 is 0 Å². The number of rotatable bonds is 5. The first kappa shape index (κ1) is 17.6. The van der Waals surface area contributed by atoms with E-state index in [9.17, 15) is 0 Å². The highest BCUT2D eigenvalue weighted by Crippen LogP contribution is 2.28. The SMILES string of the molecule is CN=C(NCCCc1ccc(N(C)C)cc1)N1CCC(C)(C)C1. The zero-order valence-electron chi connectivity index (χ0n) is 15.4. The lowest BCUT2D eigenvalue weighted by atomic mass is 9.93. The molecule has 0 unspecified atom stereocenters. The smallest absolute Gasteiger partial charge is 0.193 e. The predicted octanol–water partition coefficient (Wildman–Crippen LogP) is 2.99. The summed E-state index contributed by atoms with van der Waals surface area (Å²) in [6, 6.07) is 8.84. The second-order valence-corrected chi connectivity index (χ2v) is 7.47. The number of hydrogen-bond acceptors (Lipinski definition) is 2. The Hall–Kier alpha value is -1.71. The van der Waals surface area contributed by atoms with Crippen molar-refractivity contribution < 1.29 is 0 Å². The Bertz CT molecular complexity index is 517. The van der Waals surface area contributed by atoms with E-state index in [0.717, 1.165) is 38.4 Å². The highest BCUT2D eigenvalue weighted by molar-refractivity contribution is 5.80. The summed E-state index contributed by atoms with van der Waals surface area (Å²) in [7, 11) is 6.03. The Morgan fingerprint density at radius 3 is 2.48 bits per heavy atom. The third-order valence-electron chi connectivity index (χ3n) is 4.57. The Morgan fingerprint density at radius 1 is 1.26 bits per heavy atom. The minimum Gasteiger partial charge on any atom is -0.378 e. The van der Waals surface area contributed by atoms with Crippen LogP contribution < -0.4 is 10.2 Å². The summed E-state index contributed by atoms with van der Waals surface area (Å²) in [6.07, 6.45) is 3.46. The molecule has 0 aromatic heterocycles. The van der Waals surface area contributed by atoms with E-state index in [4.69, 9.17) is 0 Å². The molecule has 1 aromatic rings. The van der Waals surface area contributed by atoms with Crippen molar-refractivity contribution in [2.75, 3.05) is 45.7 Å².